The molecule has 0 spiro atoms. The fraction of sp³-hybridized carbons (Fsp3) is 0.462. The molecule has 1 aliphatic rings. The summed E-state index contributed by atoms with van der Waals surface area (Å²) in [5, 5.41) is 0. The Morgan fingerprint density at radius 2 is 2.00 bits per heavy atom. The van der Waals surface area contributed by atoms with Crippen molar-refractivity contribution in [1.82, 2.24) is 0 Å². The molecule has 1 amide bonds. The lowest BCUT2D eigenvalue weighted by atomic mass is 10.1. The quantitative estimate of drug-likeness (QED) is 0.781. The van der Waals surface area contributed by atoms with Gasteiger partial charge in [0.25, 0.3) is 5.91 Å². The SMILES string of the molecule is CN(c1ccc(N)cc1C(N)=O)C1CCCC1. The summed E-state index contributed by atoms with van der Waals surface area (Å²) in [5.74, 6) is -0.419. The van der Waals surface area contributed by atoms with E-state index in [1.807, 2.05) is 19.2 Å². The predicted molar refractivity (Wildman–Crippen MR) is 70.0 cm³/mol. The van der Waals surface area contributed by atoms with E-state index in [0.29, 0.717) is 17.3 Å². The van der Waals surface area contributed by atoms with E-state index < -0.39 is 5.91 Å². The maximum absolute atomic E-state index is 11.4. The number of primary amides is 1. The third-order valence-corrected chi connectivity index (χ3v) is 3.54. The molecule has 0 unspecified atom stereocenters. The van der Waals surface area contributed by atoms with Crippen LogP contribution in [0.3, 0.4) is 0 Å². The summed E-state index contributed by atoms with van der Waals surface area (Å²) in [6.45, 7) is 0. The first-order valence-electron chi connectivity index (χ1n) is 6.02. The van der Waals surface area contributed by atoms with Crippen molar-refractivity contribution in [2.24, 2.45) is 5.73 Å². The van der Waals surface area contributed by atoms with Gasteiger partial charge in [-0.15, -0.1) is 0 Å². The summed E-state index contributed by atoms with van der Waals surface area (Å²) in [6.07, 6.45) is 4.88. The van der Waals surface area contributed by atoms with Crippen molar-refractivity contribution < 1.29 is 4.79 Å². The summed E-state index contributed by atoms with van der Waals surface area (Å²) in [5.41, 5.74) is 13.1. The minimum atomic E-state index is -0.419. The molecule has 0 aliphatic heterocycles. The van der Waals surface area contributed by atoms with Crippen molar-refractivity contribution in [1.29, 1.82) is 0 Å². The van der Waals surface area contributed by atoms with Gasteiger partial charge < -0.3 is 16.4 Å². The first-order chi connectivity index (χ1) is 8.09. The van der Waals surface area contributed by atoms with E-state index in [-0.39, 0.29) is 0 Å². The zero-order chi connectivity index (χ0) is 12.4. The zero-order valence-electron chi connectivity index (χ0n) is 10.1. The number of amides is 1. The van der Waals surface area contributed by atoms with Crippen molar-refractivity contribution in [2.45, 2.75) is 31.7 Å². The third kappa shape index (κ3) is 2.35. The van der Waals surface area contributed by atoms with Crippen LogP contribution in [0.2, 0.25) is 0 Å². The minimum absolute atomic E-state index is 0.419. The van der Waals surface area contributed by atoms with Gasteiger partial charge in [0, 0.05) is 24.5 Å². The number of hydrogen-bond acceptors (Lipinski definition) is 3. The monoisotopic (exact) mass is 233 g/mol. The molecule has 1 fully saturated rings. The molecule has 0 radical (unpaired) electrons. The van der Waals surface area contributed by atoms with Crippen LogP contribution in [0, 0.1) is 0 Å². The summed E-state index contributed by atoms with van der Waals surface area (Å²) < 4.78 is 0. The average Bonchev–Trinajstić information content (AvgIpc) is 2.81. The van der Waals surface area contributed by atoms with Crippen LogP contribution in [0.4, 0.5) is 11.4 Å². The van der Waals surface area contributed by atoms with E-state index in [2.05, 4.69) is 4.90 Å². The van der Waals surface area contributed by atoms with E-state index >= 15 is 0 Å². The van der Waals surface area contributed by atoms with Gasteiger partial charge in [0.05, 0.1) is 5.56 Å². The summed E-state index contributed by atoms with van der Waals surface area (Å²) in [6, 6.07) is 5.86. The largest absolute Gasteiger partial charge is 0.399 e. The first kappa shape index (κ1) is 11.8. The third-order valence-electron chi connectivity index (χ3n) is 3.54. The molecular formula is C13H19N3O. The molecule has 92 valence electrons. The van der Waals surface area contributed by atoms with Gasteiger partial charge in [0.15, 0.2) is 0 Å². The van der Waals surface area contributed by atoms with Crippen molar-refractivity contribution in [3.63, 3.8) is 0 Å². The Hall–Kier alpha value is -1.71. The molecular weight excluding hydrogens is 214 g/mol. The number of nitrogen functional groups attached to an aromatic ring is 1. The van der Waals surface area contributed by atoms with Gasteiger partial charge >= 0.3 is 0 Å². The Morgan fingerprint density at radius 1 is 1.35 bits per heavy atom. The number of anilines is 2. The standard InChI is InChI=1S/C13H19N3O/c1-16(10-4-2-3-5-10)12-7-6-9(14)8-11(12)13(15)17/h6-8,10H,2-5,14H2,1H3,(H2,15,17). The van der Waals surface area contributed by atoms with Crippen LogP contribution in [-0.2, 0) is 0 Å². The van der Waals surface area contributed by atoms with Crippen LogP contribution >= 0.6 is 0 Å². The summed E-state index contributed by atoms with van der Waals surface area (Å²) in [4.78, 5) is 13.6. The molecule has 0 heterocycles. The van der Waals surface area contributed by atoms with Crippen molar-refractivity contribution in [2.75, 3.05) is 17.7 Å². The number of hydrogen-bond donors (Lipinski definition) is 2. The highest BCUT2D eigenvalue weighted by molar-refractivity contribution is 5.99. The van der Waals surface area contributed by atoms with Gasteiger partial charge in [-0.05, 0) is 31.0 Å². The van der Waals surface area contributed by atoms with E-state index in [1.165, 1.54) is 25.7 Å². The second kappa shape index (κ2) is 4.65. The van der Waals surface area contributed by atoms with Gasteiger partial charge in [-0.1, -0.05) is 12.8 Å². The molecule has 1 saturated carbocycles. The highest BCUT2D eigenvalue weighted by Crippen LogP contribution is 2.30. The Morgan fingerprint density at radius 3 is 2.59 bits per heavy atom. The van der Waals surface area contributed by atoms with Crippen LogP contribution in [0.25, 0.3) is 0 Å². The molecule has 17 heavy (non-hydrogen) atoms. The molecule has 4 heteroatoms. The minimum Gasteiger partial charge on any atom is -0.399 e. The van der Waals surface area contributed by atoms with Crippen molar-refractivity contribution >= 4 is 17.3 Å². The van der Waals surface area contributed by atoms with Gasteiger partial charge in [-0.2, -0.15) is 0 Å². The second-order valence-electron chi connectivity index (χ2n) is 4.69. The van der Waals surface area contributed by atoms with E-state index in [4.69, 9.17) is 11.5 Å². The highest BCUT2D eigenvalue weighted by Gasteiger charge is 2.22. The highest BCUT2D eigenvalue weighted by atomic mass is 16.1. The van der Waals surface area contributed by atoms with Crippen LogP contribution in [0.15, 0.2) is 18.2 Å². The summed E-state index contributed by atoms with van der Waals surface area (Å²) >= 11 is 0. The molecule has 0 aromatic heterocycles. The number of rotatable bonds is 3. The van der Waals surface area contributed by atoms with Crippen molar-refractivity contribution in [3.8, 4) is 0 Å². The maximum atomic E-state index is 11.4. The van der Waals surface area contributed by atoms with Crippen molar-refractivity contribution in [3.05, 3.63) is 23.8 Å². The average molecular weight is 233 g/mol. The Labute approximate surface area is 102 Å². The predicted octanol–water partition coefficient (Wildman–Crippen LogP) is 1.75. The molecule has 1 aromatic carbocycles. The van der Waals surface area contributed by atoms with E-state index in [0.717, 1.165) is 5.69 Å². The molecule has 0 atom stereocenters. The van der Waals surface area contributed by atoms with Gasteiger partial charge in [-0.25, -0.2) is 0 Å². The maximum Gasteiger partial charge on any atom is 0.250 e. The fourth-order valence-electron chi connectivity index (χ4n) is 2.55. The lowest BCUT2D eigenvalue weighted by Crippen LogP contribution is -2.31. The number of carbonyl (C=O) groups is 1. The molecule has 1 aromatic rings. The number of benzene rings is 1. The Kier molecular flexibility index (Phi) is 3.22. The smallest absolute Gasteiger partial charge is 0.250 e. The number of carbonyl (C=O) groups excluding carboxylic acids is 1. The lowest BCUT2D eigenvalue weighted by molar-refractivity contribution is 0.100. The number of nitrogens with two attached hydrogens (primary N) is 2. The Balaban J connectivity index is 2.33. The van der Waals surface area contributed by atoms with Crippen LogP contribution < -0.4 is 16.4 Å². The lowest BCUT2D eigenvalue weighted by Gasteiger charge is -2.28. The van der Waals surface area contributed by atoms with E-state index in [9.17, 15) is 4.79 Å². The van der Waals surface area contributed by atoms with Crippen LogP contribution in [-0.4, -0.2) is 19.0 Å². The topological polar surface area (TPSA) is 72.3 Å². The molecule has 0 saturated heterocycles. The fourth-order valence-corrected chi connectivity index (χ4v) is 2.55. The van der Waals surface area contributed by atoms with Gasteiger partial charge in [0.2, 0.25) is 0 Å². The van der Waals surface area contributed by atoms with Gasteiger partial charge in [-0.3, -0.25) is 4.79 Å². The molecule has 4 nitrogen and oxygen atoms in total. The second-order valence-corrected chi connectivity index (χ2v) is 4.69. The summed E-state index contributed by atoms with van der Waals surface area (Å²) in [7, 11) is 2.02. The van der Waals surface area contributed by atoms with Crippen LogP contribution in [0.5, 0.6) is 0 Å². The number of nitrogens with zero attached hydrogens (tertiary/aromatic N) is 1. The normalized spacial score (nSPS) is 16.1. The first-order valence-corrected chi connectivity index (χ1v) is 6.02. The molecule has 1 aliphatic carbocycles. The zero-order valence-corrected chi connectivity index (χ0v) is 10.1. The van der Waals surface area contributed by atoms with E-state index in [1.54, 1.807) is 6.07 Å². The molecule has 4 N–H and O–H groups in total. The Bertz CT molecular complexity index is 425. The molecule has 0 bridgehead atoms. The molecule has 2 rings (SSSR count). The van der Waals surface area contributed by atoms with Gasteiger partial charge in [0.1, 0.15) is 0 Å². The van der Waals surface area contributed by atoms with Crippen LogP contribution in [0.1, 0.15) is 36.0 Å².